The first kappa shape index (κ1) is 13.3. The minimum Gasteiger partial charge on any atom is -0.212 e. The number of H-pyrrole nitrogens is 1. The molecule has 0 radical (unpaired) electrons. The predicted octanol–water partition coefficient (Wildman–Crippen LogP) is 0.0550. The molecule has 0 aliphatic rings. The Morgan fingerprint density at radius 3 is 2.69 bits per heavy atom. The molecule has 0 fully saturated rings. The molecule has 2 atom stereocenters. The van der Waals surface area contributed by atoms with Gasteiger partial charge in [-0.3, -0.25) is 0 Å². The fraction of sp³-hybridized carbons (Fsp3) is 0.857. The van der Waals surface area contributed by atoms with E-state index in [1.165, 1.54) is 0 Å². The van der Waals surface area contributed by atoms with Gasteiger partial charge < -0.3 is 0 Å². The number of hydrogen-bond donors (Lipinski definition) is 2. The number of tetrazole rings is 1. The van der Waals surface area contributed by atoms with Crippen LogP contribution in [0.15, 0.2) is 0 Å². The molecule has 7 nitrogen and oxygen atoms in total. The highest BCUT2D eigenvalue weighted by atomic mass is 35.5. The molecule has 9 heteroatoms. The Hall–Kier alpha value is -0.730. The maximum Gasteiger partial charge on any atom is 0.212 e. The molecular formula is C7H14ClN5O2S. The van der Waals surface area contributed by atoms with Gasteiger partial charge in [-0.25, -0.2) is 13.1 Å². The van der Waals surface area contributed by atoms with E-state index in [0.29, 0.717) is 11.7 Å². The van der Waals surface area contributed by atoms with Crippen molar-refractivity contribution in [3.05, 3.63) is 5.82 Å². The van der Waals surface area contributed by atoms with Gasteiger partial charge >= 0.3 is 0 Å². The van der Waals surface area contributed by atoms with E-state index in [2.05, 4.69) is 25.3 Å². The third kappa shape index (κ3) is 4.03. The average molecular weight is 268 g/mol. The van der Waals surface area contributed by atoms with Gasteiger partial charge in [0.05, 0.1) is 11.8 Å². The Labute approximate surface area is 99.0 Å². The molecule has 1 rings (SSSR count). The summed E-state index contributed by atoms with van der Waals surface area (Å²) in [5.41, 5.74) is 0. The van der Waals surface area contributed by atoms with Crippen molar-refractivity contribution in [2.45, 2.75) is 19.9 Å². The van der Waals surface area contributed by atoms with Crippen molar-refractivity contribution < 1.29 is 8.42 Å². The van der Waals surface area contributed by atoms with Gasteiger partial charge in [0.1, 0.15) is 0 Å². The van der Waals surface area contributed by atoms with Crippen LogP contribution in [0.2, 0.25) is 0 Å². The Bertz CT molecular complexity index is 406. The zero-order valence-corrected chi connectivity index (χ0v) is 10.6. The molecule has 16 heavy (non-hydrogen) atoms. The molecule has 0 saturated carbocycles. The topological polar surface area (TPSA) is 101 Å². The minimum absolute atomic E-state index is 0.0152. The van der Waals surface area contributed by atoms with E-state index in [0.717, 1.165) is 0 Å². The summed E-state index contributed by atoms with van der Waals surface area (Å²) in [7, 11) is -3.37. The van der Waals surface area contributed by atoms with E-state index in [-0.39, 0.29) is 11.7 Å². The zero-order chi connectivity index (χ0) is 12.2. The summed E-state index contributed by atoms with van der Waals surface area (Å²) in [6.07, 6.45) is 0. The molecule has 2 N–H and O–H groups in total. The molecule has 2 unspecified atom stereocenters. The second kappa shape index (κ2) is 5.55. The third-order valence-electron chi connectivity index (χ3n) is 1.87. The van der Waals surface area contributed by atoms with Crippen LogP contribution in [-0.2, 0) is 10.0 Å². The minimum atomic E-state index is -3.37. The van der Waals surface area contributed by atoms with Gasteiger partial charge in [-0.05, 0) is 12.8 Å². The summed E-state index contributed by atoms with van der Waals surface area (Å²) < 4.78 is 25.8. The fourth-order valence-corrected chi connectivity index (χ4v) is 2.99. The highest BCUT2D eigenvalue weighted by molar-refractivity contribution is 7.89. The largest absolute Gasteiger partial charge is 0.212 e. The van der Waals surface area contributed by atoms with Crippen LogP contribution in [0.4, 0.5) is 0 Å². The lowest BCUT2D eigenvalue weighted by Crippen LogP contribution is -2.32. The van der Waals surface area contributed by atoms with E-state index in [4.69, 9.17) is 11.6 Å². The molecule has 1 heterocycles. The number of hydrogen-bond acceptors (Lipinski definition) is 5. The van der Waals surface area contributed by atoms with E-state index < -0.39 is 16.1 Å². The first-order valence-corrected chi connectivity index (χ1v) is 6.92. The van der Waals surface area contributed by atoms with Gasteiger partial charge in [-0.2, -0.15) is 5.21 Å². The summed E-state index contributed by atoms with van der Waals surface area (Å²) in [4.78, 5) is 0. The van der Waals surface area contributed by atoms with Crippen molar-refractivity contribution in [3.63, 3.8) is 0 Å². The smallest absolute Gasteiger partial charge is 0.212 e. The van der Waals surface area contributed by atoms with Gasteiger partial charge in [-0.1, -0.05) is 12.1 Å². The summed E-state index contributed by atoms with van der Waals surface area (Å²) in [5.74, 6) is 0.495. The number of nitrogens with one attached hydrogen (secondary N) is 2. The second-order valence-corrected chi connectivity index (χ2v) is 5.76. The Kier molecular flexibility index (Phi) is 4.63. The number of rotatable bonds is 6. The highest BCUT2D eigenvalue weighted by Gasteiger charge is 2.20. The Morgan fingerprint density at radius 2 is 2.19 bits per heavy atom. The van der Waals surface area contributed by atoms with Crippen molar-refractivity contribution in [1.82, 2.24) is 25.3 Å². The molecule has 0 aromatic carbocycles. The van der Waals surface area contributed by atoms with Crippen LogP contribution in [0.5, 0.6) is 0 Å². The number of alkyl halides is 1. The van der Waals surface area contributed by atoms with Gasteiger partial charge in [0, 0.05) is 5.88 Å². The SMILES string of the molecule is CC(CCl)CS(=O)(=O)NC(C)c1nn[nH]n1. The van der Waals surface area contributed by atoms with Crippen LogP contribution in [0.3, 0.4) is 0 Å². The fourth-order valence-electron chi connectivity index (χ4n) is 1.14. The normalized spacial score (nSPS) is 15.9. The number of aromatic nitrogens is 4. The third-order valence-corrected chi connectivity index (χ3v) is 4.12. The summed E-state index contributed by atoms with van der Waals surface area (Å²) in [6.45, 7) is 3.42. The number of nitrogens with zero attached hydrogens (tertiary/aromatic N) is 3. The number of halogens is 1. The van der Waals surface area contributed by atoms with Crippen molar-refractivity contribution >= 4 is 21.6 Å². The van der Waals surface area contributed by atoms with E-state index in [1.54, 1.807) is 13.8 Å². The van der Waals surface area contributed by atoms with Crippen molar-refractivity contribution in [2.75, 3.05) is 11.6 Å². The van der Waals surface area contributed by atoms with Crippen molar-refractivity contribution in [1.29, 1.82) is 0 Å². The second-order valence-electron chi connectivity index (χ2n) is 3.65. The molecule has 0 bridgehead atoms. The zero-order valence-electron chi connectivity index (χ0n) is 9.01. The lowest BCUT2D eigenvalue weighted by atomic mass is 10.3. The van der Waals surface area contributed by atoms with Crippen LogP contribution in [-0.4, -0.2) is 40.7 Å². The van der Waals surface area contributed by atoms with Gasteiger partial charge in [-0.15, -0.1) is 21.8 Å². The molecule has 0 spiro atoms. The van der Waals surface area contributed by atoms with E-state index in [9.17, 15) is 8.42 Å². The number of sulfonamides is 1. The Morgan fingerprint density at radius 1 is 1.50 bits per heavy atom. The van der Waals surface area contributed by atoms with Crippen LogP contribution < -0.4 is 4.72 Å². The highest BCUT2D eigenvalue weighted by Crippen LogP contribution is 2.08. The van der Waals surface area contributed by atoms with Crippen molar-refractivity contribution in [2.24, 2.45) is 5.92 Å². The van der Waals surface area contributed by atoms with Gasteiger partial charge in [0.15, 0.2) is 5.82 Å². The van der Waals surface area contributed by atoms with Gasteiger partial charge in [0.25, 0.3) is 0 Å². The average Bonchev–Trinajstić information content (AvgIpc) is 2.68. The Balaban J connectivity index is 2.59. The summed E-state index contributed by atoms with van der Waals surface area (Å²) in [6, 6.07) is -0.508. The molecule has 1 aromatic rings. The molecule has 0 aliphatic heterocycles. The maximum atomic E-state index is 11.6. The molecular weight excluding hydrogens is 254 g/mol. The van der Waals surface area contributed by atoms with Crippen molar-refractivity contribution in [3.8, 4) is 0 Å². The molecule has 1 aromatic heterocycles. The molecule has 0 saturated heterocycles. The van der Waals surface area contributed by atoms with E-state index >= 15 is 0 Å². The summed E-state index contributed by atoms with van der Waals surface area (Å²) in [5, 5.41) is 13.0. The molecule has 92 valence electrons. The first-order chi connectivity index (χ1) is 7.44. The van der Waals surface area contributed by atoms with E-state index in [1.807, 2.05) is 0 Å². The number of aromatic amines is 1. The molecule has 0 aliphatic carbocycles. The predicted molar refractivity (Wildman–Crippen MR) is 59.4 cm³/mol. The van der Waals surface area contributed by atoms with Gasteiger partial charge in [0.2, 0.25) is 10.0 Å². The lowest BCUT2D eigenvalue weighted by Gasteiger charge is -2.13. The van der Waals surface area contributed by atoms with Crippen LogP contribution in [0.25, 0.3) is 0 Å². The van der Waals surface area contributed by atoms with Crippen LogP contribution in [0.1, 0.15) is 25.7 Å². The molecule has 0 amide bonds. The van der Waals surface area contributed by atoms with Crippen LogP contribution >= 0.6 is 11.6 Å². The standard InChI is InChI=1S/C7H14ClN5O2S/c1-5(3-8)4-16(14,15)11-6(2)7-9-12-13-10-7/h5-6,11H,3-4H2,1-2H3,(H,9,10,12,13). The first-order valence-electron chi connectivity index (χ1n) is 4.74. The maximum absolute atomic E-state index is 11.6. The monoisotopic (exact) mass is 267 g/mol. The lowest BCUT2D eigenvalue weighted by molar-refractivity contribution is 0.549. The quantitative estimate of drug-likeness (QED) is 0.710. The summed E-state index contributed by atoms with van der Waals surface area (Å²) >= 11 is 5.56. The van der Waals surface area contributed by atoms with Crippen LogP contribution in [0, 0.1) is 5.92 Å².